The van der Waals surface area contributed by atoms with Crippen molar-refractivity contribution in [3.8, 4) is 5.75 Å². The number of amides is 1. The first-order chi connectivity index (χ1) is 8.65. The van der Waals surface area contributed by atoms with Gasteiger partial charge in [-0.2, -0.15) is 0 Å². The van der Waals surface area contributed by atoms with Gasteiger partial charge in [0.25, 0.3) is 0 Å². The fourth-order valence-electron chi connectivity index (χ4n) is 1.49. The van der Waals surface area contributed by atoms with Crippen molar-refractivity contribution in [1.82, 2.24) is 5.32 Å². The third-order valence-electron chi connectivity index (χ3n) is 2.69. The summed E-state index contributed by atoms with van der Waals surface area (Å²) in [6.07, 6.45) is 1.10. The van der Waals surface area contributed by atoms with Crippen LogP contribution in [-0.4, -0.2) is 19.1 Å². The average molecular weight is 250 g/mol. The molecule has 1 amide bonds. The van der Waals surface area contributed by atoms with Gasteiger partial charge in [0.1, 0.15) is 5.75 Å². The fourth-order valence-corrected chi connectivity index (χ4v) is 1.49. The molecule has 1 aromatic rings. The molecule has 0 fully saturated rings. The highest BCUT2D eigenvalue weighted by molar-refractivity contribution is 5.76. The molecule has 3 N–H and O–H groups in total. The van der Waals surface area contributed by atoms with Crippen LogP contribution in [-0.2, 0) is 11.3 Å². The van der Waals surface area contributed by atoms with Crippen LogP contribution in [0.4, 0.5) is 0 Å². The fraction of sp³-hybridized carbons (Fsp3) is 0.500. The molecule has 0 bridgehead atoms. The number of rotatable bonds is 8. The highest BCUT2D eigenvalue weighted by Crippen LogP contribution is 2.18. The molecule has 0 saturated heterocycles. The lowest BCUT2D eigenvalue weighted by molar-refractivity contribution is -0.122. The van der Waals surface area contributed by atoms with Crippen molar-refractivity contribution in [3.05, 3.63) is 29.8 Å². The Balaban J connectivity index is 2.55. The van der Waals surface area contributed by atoms with Crippen LogP contribution in [0.25, 0.3) is 0 Å². The molecule has 0 aliphatic carbocycles. The third kappa shape index (κ3) is 4.75. The Bertz CT molecular complexity index is 380. The zero-order chi connectivity index (χ0) is 13.4. The largest absolute Gasteiger partial charge is 0.492 e. The average Bonchev–Trinajstić information content (AvgIpc) is 2.37. The standard InChI is InChI=1S/C14H22N2O2/c1-3-8-16-9-12-6-4-5-7-13(12)18-10-11(2)14(15)17/h4-7,11,16H,3,8-10H2,1-2H3,(H2,15,17). The molecule has 18 heavy (non-hydrogen) atoms. The first-order valence-electron chi connectivity index (χ1n) is 6.35. The van der Waals surface area contributed by atoms with Crippen LogP contribution in [0, 0.1) is 5.92 Å². The van der Waals surface area contributed by atoms with Crippen molar-refractivity contribution in [3.63, 3.8) is 0 Å². The second-order valence-corrected chi connectivity index (χ2v) is 4.40. The number of nitrogens with one attached hydrogen (secondary N) is 1. The summed E-state index contributed by atoms with van der Waals surface area (Å²) < 4.78 is 5.65. The molecule has 1 atom stereocenters. The summed E-state index contributed by atoms with van der Waals surface area (Å²) >= 11 is 0. The molecule has 0 saturated carbocycles. The Morgan fingerprint density at radius 3 is 2.83 bits per heavy atom. The molecule has 0 spiro atoms. The molecule has 4 heteroatoms. The van der Waals surface area contributed by atoms with E-state index in [-0.39, 0.29) is 11.8 Å². The van der Waals surface area contributed by atoms with Crippen LogP contribution in [0.1, 0.15) is 25.8 Å². The number of primary amides is 1. The topological polar surface area (TPSA) is 64.3 Å². The first kappa shape index (κ1) is 14.5. The molecular weight excluding hydrogens is 228 g/mol. The normalized spacial score (nSPS) is 12.1. The zero-order valence-electron chi connectivity index (χ0n) is 11.1. The van der Waals surface area contributed by atoms with Gasteiger partial charge in [0.15, 0.2) is 0 Å². The van der Waals surface area contributed by atoms with Gasteiger partial charge in [0, 0.05) is 12.1 Å². The molecule has 0 aromatic heterocycles. The summed E-state index contributed by atoms with van der Waals surface area (Å²) in [6.45, 7) is 5.96. The van der Waals surface area contributed by atoms with Crippen LogP contribution < -0.4 is 15.8 Å². The van der Waals surface area contributed by atoms with Gasteiger partial charge < -0.3 is 15.8 Å². The minimum absolute atomic E-state index is 0.276. The number of nitrogens with two attached hydrogens (primary N) is 1. The van der Waals surface area contributed by atoms with E-state index in [2.05, 4.69) is 12.2 Å². The Kier molecular flexibility index (Phi) is 6.22. The molecule has 100 valence electrons. The first-order valence-corrected chi connectivity index (χ1v) is 6.35. The van der Waals surface area contributed by atoms with Crippen molar-refractivity contribution in [2.24, 2.45) is 11.7 Å². The van der Waals surface area contributed by atoms with Crippen LogP contribution in [0.3, 0.4) is 0 Å². The van der Waals surface area contributed by atoms with E-state index in [1.807, 2.05) is 24.3 Å². The maximum atomic E-state index is 10.9. The minimum Gasteiger partial charge on any atom is -0.492 e. The van der Waals surface area contributed by atoms with Crippen molar-refractivity contribution < 1.29 is 9.53 Å². The van der Waals surface area contributed by atoms with Crippen LogP contribution in [0.15, 0.2) is 24.3 Å². The number of para-hydroxylation sites is 1. The highest BCUT2D eigenvalue weighted by Gasteiger charge is 2.10. The Morgan fingerprint density at radius 1 is 1.44 bits per heavy atom. The highest BCUT2D eigenvalue weighted by atomic mass is 16.5. The van der Waals surface area contributed by atoms with Crippen molar-refractivity contribution in [1.29, 1.82) is 0 Å². The smallest absolute Gasteiger partial charge is 0.223 e. The van der Waals surface area contributed by atoms with Crippen molar-refractivity contribution in [2.45, 2.75) is 26.8 Å². The number of ether oxygens (including phenoxy) is 1. The molecule has 4 nitrogen and oxygen atoms in total. The number of carbonyl (C=O) groups excluding carboxylic acids is 1. The summed E-state index contributed by atoms with van der Waals surface area (Å²) in [5, 5.41) is 3.33. The molecule has 1 unspecified atom stereocenters. The second-order valence-electron chi connectivity index (χ2n) is 4.40. The summed E-state index contributed by atoms with van der Waals surface area (Å²) in [6, 6.07) is 7.84. The maximum absolute atomic E-state index is 10.9. The number of carbonyl (C=O) groups is 1. The quantitative estimate of drug-likeness (QED) is 0.690. The van der Waals surface area contributed by atoms with E-state index in [9.17, 15) is 4.79 Å². The van der Waals surface area contributed by atoms with Gasteiger partial charge in [-0.05, 0) is 19.0 Å². The summed E-state index contributed by atoms with van der Waals surface area (Å²) in [4.78, 5) is 10.9. The van der Waals surface area contributed by atoms with Crippen molar-refractivity contribution >= 4 is 5.91 Å². The molecular formula is C14H22N2O2. The van der Waals surface area contributed by atoms with E-state index in [4.69, 9.17) is 10.5 Å². The molecule has 0 radical (unpaired) electrons. The Labute approximate surface area is 109 Å². The van der Waals surface area contributed by atoms with Gasteiger partial charge in [-0.3, -0.25) is 4.79 Å². The summed E-state index contributed by atoms with van der Waals surface area (Å²) in [5.41, 5.74) is 6.30. The molecule has 0 aliphatic rings. The van der Waals surface area contributed by atoms with Crippen LogP contribution >= 0.6 is 0 Å². The monoisotopic (exact) mass is 250 g/mol. The van der Waals surface area contributed by atoms with E-state index in [0.29, 0.717) is 6.61 Å². The van der Waals surface area contributed by atoms with Crippen molar-refractivity contribution in [2.75, 3.05) is 13.2 Å². The number of hydrogen-bond acceptors (Lipinski definition) is 3. The number of benzene rings is 1. The van der Waals surface area contributed by atoms with Gasteiger partial charge in [0.05, 0.1) is 12.5 Å². The lowest BCUT2D eigenvalue weighted by atomic mass is 10.1. The molecule has 0 aliphatic heterocycles. The molecule has 0 heterocycles. The molecule has 1 rings (SSSR count). The lowest BCUT2D eigenvalue weighted by Gasteiger charge is -2.14. The van der Waals surface area contributed by atoms with Crippen LogP contribution in [0.5, 0.6) is 5.75 Å². The Hall–Kier alpha value is -1.55. The minimum atomic E-state index is -0.336. The predicted molar refractivity (Wildman–Crippen MR) is 72.3 cm³/mol. The van der Waals surface area contributed by atoms with Gasteiger partial charge in [-0.1, -0.05) is 32.0 Å². The number of hydrogen-bond donors (Lipinski definition) is 2. The SMILES string of the molecule is CCCNCc1ccccc1OCC(C)C(N)=O. The van der Waals surface area contributed by atoms with Gasteiger partial charge >= 0.3 is 0 Å². The third-order valence-corrected chi connectivity index (χ3v) is 2.69. The van der Waals surface area contributed by atoms with E-state index >= 15 is 0 Å². The van der Waals surface area contributed by atoms with E-state index in [0.717, 1.165) is 30.8 Å². The van der Waals surface area contributed by atoms with E-state index in [1.165, 1.54) is 0 Å². The van der Waals surface area contributed by atoms with Gasteiger partial charge in [-0.25, -0.2) is 0 Å². The van der Waals surface area contributed by atoms with Gasteiger partial charge in [0.2, 0.25) is 5.91 Å². The predicted octanol–water partition coefficient (Wildman–Crippen LogP) is 1.69. The van der Waals surface area contributed by atoms with Gasteiger partial charge in [-0.15, -0.1) is 0 Å². The maximum Gasteiger partial charge on any atom is 0.223 e. The van der Waals surface area contributed by atoms with E-state index < -0.39 is 0 Å². The lowest BCUT2D eigenvalue weighted by Crippen LogP contribution is -2.26. The summed E-state index contributed by atoms with van der Waals surface area (Å²) in [7, 11) is 0. The van der Waals surface area contributed by atoms with E-state index in [1.54, 1.807) is 6.92 Å². The van der Waals surface area contributed by atoms with Crippen LogP contribution in [0.2, 0.25) is 0 Å². The molecule has 1 aromatic carbocycles. The second kappa shape index (κ2) is 7.71. The Morgan fingerprint density at radius 2 is 2.17 bits per heavy atom. The summed E-state index contributed by atoms with van der Waals surface area (Å²) in [5.74, 6) is 0.201. The zero-order valence-corrected chi connectivity index (χ0v) is 11.1.